The number of hydrogen-bond donors (Lipinski definition) is 1. The first kappa shape index (κ1) is 9.79. The summed E-state index contributed by atoms with van der Waals surface area (Å²) >= 11 is 0. The molecule has 1 aliphatic rings. The molecule has 0 aromatic carbocycles. The SMILES string of the molecule is CCC1=CC(C)(N)CC(CC)C1. The van der Waals surface area contributed by atoms with Gasteiger partial charge in [-0.2, -0.15) is 0 Å². The Hall–Kier alpha value is -0.300. The van der Waals surface area contributed by atoms with Gasteiger partial charge < -0.3 is 5.73 Å². The minimum Gasteiger partial charge on any atom is -0.322 e. The molecule has 0 aromatic rings. The molecule has 0 saturated carbocycles. The molecule has 0 fully saturated rings. The van der Waals surface area contributed by atoms with E-state index < -0.39 is 0 Å². The molecular formula is C11H21N. The number of allylic oxidation sites excluding steroid dienone is 1. The van der Waals surface area contributed by atoms with E-state index >= 15 is 0 Å². The predicted octanol–water partition coefficient (Wildman–Crippen LogP) is 2.86. The molecule has 0 aliphatic heterocycles. The zero-order valence-corrected chi connectivity index (χ0v) is 8.56. The minimum atomic E-state index is -0.0374. The van der Waals surface area contributed by atoms with Gasteiger partial charge in [-0.05, 0) is 32.1 Å². The lowest BCUT2D eigenvalue weighted by molar-refractivity contribution is 0.350. The Bertz CT molecular complexity index is 179. The Kier molecular flexibility index (Phi) is 2.94. The first-order chi connectivity index (χ1) is 5.57. The summed E-state index contributed by atoms with van der Waals surface area (Å²) in [5.41, 5.74) is 7.65. The molecule has 1 heteroatoms. The predicted molar refractivity (Wildman–Crippen MR) is 54.0 cm³/mol. The molecule has 0 heterocycles. The van der Waals surface area contributed by atoms with Crippen LogP contribution in [-0.2, 0) is 0 Å². The molecule has 0 radical (unpaired) electrons. The maximum absolute atomic E-state index is 6.13. The number of hydrogen-bond acceptors (Lipinski definition) is 1. The van der Waals surface area contributed by atoms with Crippen molar-refractivity contribution in [1.29, 1.82) is 0 Å². The van der Waals surface area contributed by atoms with E-state index in [1.165, 1.54) is 19.3 Å². The van der Waals surface area contributed by atoms with Crippen molar-refractivity contribution in [3.63, 3.8) is 0 Å². The zero-order chi connectivity index (χ0) is 9.19. The van der Waals surface area contributed by atoms with Crippen LogP contribution >= 0.6 is 0 Å². The standard InChI is InChI=1S/C11H21N/c1-4-9-6-10(5-2)8-11(3,12)7-9/h7,10H,4-6,8,12H2,1-3H3. The van der Waals surface area contributed by atoms with Gasteiger partial charge in [0.2, 0.25) is 0 Å². The third-order valence-electron chi connectivity index (χ3n) is 2.84. The molecule has 0 aromatic heterocycles. The maximum atomic E-state index is 6.13. The molecular weight excluding hydrogens is 146 g/mol. The second kappa shape index (κ2) is 3.61. The lowest BCUT2D eigenvalue weighted by atomic mass is 9.77. The van der Waals surface area contributed by atoms with Crippen molar-refractivity contribution in [2.24, 2.45) is 11.7 Å². The third kappa shape index (κ3) is 2.34. The van der Waals surface area contributed by atoms with E-state index in [0.29, 0.717) is 0 Å². The van der Waals surface area contributed by atoms with Crippen LogP contribution in [0.2, 0.25) is 0 Å². The van der Waals surface area contributed by atoms with Crippen LogP contribution < -0.4 is 5.73 Å². The molecule has 2 unspecified atom stereocenters. The molecule has 1 aliphatic carbocycles. The van der Waals surface area contributed by atoms with Crippen LogP contribution in [0.4, 0.5) is 0 Å². The van der Waals surface area contributed by atoms with E-state index in [1.807, 2.05) is 0 Å². The first-order valence-corrected chi connectivity index (χ1v) is 5.07. The zero-order valence-electron chi connectivity index (χ0n) is 8.56. The number of nitrogens with two attached hydrogens (primary N) is 1. The van der Waals surface area contributed by atoms with Crippen molar-refractivity contribution < 1.29 is 0 Å². The van der Waals surface area contributed by atoms with Crippen molar-refractivity contribution in [3.8, 4) is 0 Å². The summed E-state index contributed by atoms with van der Waals surface area (Å²) in [5, 5.41) is 0. The van der Waals surface area contributed by atoms with Crippen molar-refractivity contribution in [3.05, 3.63) is 11.6 Å². The van der Waals surface area contributed by atoms with Crippen molar-refractivity contribution in [1.82, 2.24) is 0 Å². The van der Waals surface area contributed by atoms with Crippen molar-refractivity contribution in [2.75, 3.05) is 0 Å². The van der Waals surface area contributed by atoms with Crippen molar-refractivity contribution >= 4 is 0 Å². The Morgan fingerprint density at radius 3 is 2.75 bits per heavy atom. The average molecular weight is 167 g/mol. The highest BCUT2D eigenvalue weighted by atomic mass is 14.7. The molecule has 70 valence electrons. The van der Waals surface area contributed by atoms with E-state index in [4.69, 9.17) is 5.73 Å². The highest BCUT2D eigenvalue weighted by Crippen LogP contribution is 2.32. The molecule has 0 spiro atoms. The van der Waals surface area contributed by atoms with Gasteiger partial charge in [-0.25, -0.2) is 0 Å². The van der Waals surface area contributed by atoms with Crippen LogP contribution in [0.5, 0.6) is 0 Å². The van der Waals surface area contributed by atoms with E-state index in [0.717, 1.165) is 12.3 Å². The molecule has 1 nitrogen and oxygen atoms in total. The summed E-state index contributed by atoms with van der Waals surface area (Å²) in [4.78, 5) is 0. The Labute approximate surface area is 76.0 Å². The van der Waals surface area contributed by atoms with Gasteiger partial charge in [0.25, 0.3) is 0 Å². The molecule has 2 atom stereocenters. The van der Waals surface area contributed by atoms with Gasteiger partial charge in [-0.15, -0.1) is 0 Å². The van der Waals surface area contributed by atoms with Crippen LogP contribution in [0.3, 0.4) is 0 Å². The van der Waals surface area contributed by atoms with Crippen molar-refractivity contribution in [2.45, 2.75) is 52.0 Å². The van der Waals surface area contributed by atoms with Gasteiger partial charge in [0.05, 0.1) is 0 Å². The van der Waals surface area contributed by atoms with Gasteiger partial charge in [0.15, 0.2) is 0 Å². The quantitative estimate of drug-likeness (QED) is 0.629. The van der Waals surface area contributed by atoms with Crippen LogP contribution in [0.25, 0.3) is 0 Å². The summed E-state index contributed by atoms with van der Waals surface area (Å²) < 4.78 is 0. The molecule has 1 rings (SSSR count). The fourth-order valence-corrected chi connectivity index (χ4v) is 2.18. The summed E-state index contributed by atoms with van der Waals surface area (Å²) in [7, 11) is 0. The van der Waals surface area contributed by atoms with E-state index in [9.17, 15) is 0 Å². The molecule has 0 bridgehead atoms. The minimum absolute atomic E-state index is 0.0374. The smallest absolute Gasteiger partial charge is 0.0315 e. The van der Waals surface area contributed by atoms with Crippen LogP contribution in [0.1, 0.15) is 46.5 Å². The fraction of sp³-hybridized carbons (Fsp3) is 0.818. The summed E-state index contributed by atoms with van der Waals surface area (Å²) in [6, 6.07) is 0. The first-order valence-electron chi connectivity index (χ1n) is 5.07. The Morgan fingerprint density at radius 1 is 1.58 bits per heavy atom. The van der Waals surface area contributed by atoms with Crippen LogP contribution in [0.15, 0.2) is 11.6 Å². The third-order valence-corrected chi connectivity index (χ3v) is 2.84. The van der Waals surface area contributed by atoms with Gasteiger partial charge >= 0.3 is 0 Å². The second-order valence-corrected chi connectivity index (χ2v) is 4.34. The number of rotatable bonds is 2. The lowest BCUT2D eigenvalue weighted by Gasteiger charge is -2.33. The Balaban J connectivity index is 2.71. The topological polar surface area (TPSA) is 26.0 Å². The lowest BCUT2D eigenvalue weighted by Crippen LogP contribution is -2.39. The monoisotopic (exact) mass is 167 g/mol. The van der Waals surface area contributed by atoms with Gasteiger partial charge in [-0.3, -0.25) is 0 Å². The molecule has 2 N–H and O–H groups in total. The van der Waals surface area contributed by atoms with Gasteiger partial charge in [-0.1, -0.05) is 31.9 Å². The van der Waals surface area contributed by atoms with E-state index in [-0.39, 0.29) is 5.54 Å². The summed E-state index contributed by atoms with van der Waals surface area (Å²) in [6.45, 7) is 6.63. The highest BCUT2D eigenvalue weighted by Gasteiger charge is 2.26. The molecule has 0 amide bonds. The van der Waals surface area contributed by atoms with E-state index in [1.54, 1.807) is 5.57 Å². The molecule has 0 saturated heterocycles. The largest absolute Gasteiger partial charge is 0.322 e. The summed E-state index contributed by atoms with van der Waals surface area (Å²) in [6.07, 6.45) is 7.15. The van der Waals surface area contributed by atoms with Crippen LogP contribution in [-0.4, -0.2) is 5.54 Å². The van der Waals surface area contributed by atoms with Gasteiger partial charge in [0, 0.05) is 5.54 Å². The van der Waals surface area contributed by atoms with Gasteiger partial charge in [0.1, 0.15) is 0 Å². The Morgan fingerprint density at radius 2 is 2.25 bits per heavy atom. The summed E-state index contributed by atoms with van der Waals surface area (Å²) in [5.74, 6) is 0.819. The average Bonchev–Trinajstić information content (AvgIpc) is 2.01. The maximum Gasteiger partial charge on any atom is 0.0315 e. The highest BCUT2D eigenvalue weighted by molar-refractivity contribution is 5.16. The van der Waals surface area contributed by atoms with E-state index in [2.05, 4.69) is 26.8 Å². The normalized spacial score (nSPS) is 36.3. The second-order valence-electron chi connectivity index (χ2n) is 4.34. The molecule has 12 heavy (non-hydrogen) atoms. The fourth-order valence-electron chi connectivity index (χ4n) is 2.18. The van der Waals surface area contributed by atoms with Crippen LogP contribution in [0, 0.1) is 5.92 Å².